The minimum Gasteiger partial charge on any atom is -0.497 e. The first kappa shape index (κ1) is 29.1. The van der Waals surface area contributed by atoms with E-state index in [-0.39, 0.29) is 35.8 Å². The van der Waals surface area contributed by atoms with Crippen molar-refractivity contribution in [2.75, 3.05) is 52.4 Å². The number of nitrogen functional groups attached to an aromatic ring is 1. The summed E-state index contributed by atoms with van der Waals surface area (Å²) in [5.74, 6) is -0.477. The number of anilines is 1. The van der Waals surface area contributed by atoms with Gasteiger partial charge in [0.1, 0.15) is 37.4 Å². The van der Waals surface area contributed by atoms with E-state index in [0.29, 0.717) is 34.6 Å². The van der Waals surface area contributed by atoms with E-state index in [0.717, 1.165) is 41.6 Å². The van der Waals surface area contributed by atoms with Crippen molar-refractivity contribution < 1.29 is 33.2 Å². The van der Waals surface area contributed by atoms with Crippen LogP contribution in [0.5, 0.6) is 5.75 Å². The monoisotopic (exact) mass is 600 g/mol. The SMILES string of the molecule is CO/N=C(\C(=O)C[C@@H]1C(=O)N2C(C(=O)OCc3ccc(OC)cc3)=C(C[N+]3(C)CCCC3)CS[C@H]12)c1csc(N)n1. The Morgan fingerprint density at radius 1 is 1.20 bits per heavy atom. The molecule has 1 amide bonds. The number of rotatable bonds is 11. The maximum Gasteiger partial charge on any atom is 0.355 e. The van der Waals surface area contributed by atoms with Crippen molar-refractivity contribution in [2.45, 2.75) is 31.2 Å². The number of oxime groups is 1. The van der Waals surface area contributed by atoms with Gasteiger partial charge in [-0.3, -0.25) is 14.5 Å². The Hall–Kier alpha value is -3.42. The normalized spacial score (nSPS) is 21.8. The number of ketones is 1. The van der Waals surface area contributed by atoms with Crippen LogP contribution in [-0.2, 0) is 30.6 Å². The summed E-state index contributed by atoms with van der Waals surface area (Å²) in [6, 6.07) is 7.29. The number of ether oxygens (including phenoxy) is 2. The van der Waals surface area contributed by atoms with Gasteiger partial charge in [0, 0.05) is 36.0 Å². The topological polar surface area (TPSA) is 133 Å². The molecule has 11 nitrogen and oxygen atoms in total. The van der Waals surface area contributed by atoms with Crippen LogP contribution in [0.2, 0.25) is 0 Å². The van der Waals surface area contributed by atoms with Crippen LogP contribution in [0.4, 0.5) is 5.13 Å². The molecule has 3 aliphatic rings. The maximum absolute atomic E-state index is 13.6. The van der Waals surface area contributed by atoms with Crippen molar-refractivity contribution in [2.24, 2.45) is 11.1 Å². The van der Waals surface area contributed by atoms with Gasteiger partial charge >= 0.3 is 5.97 Å². The number of nitrogens with two attached hydrogens (primary N) is 1. The second-order valence-corrected chi connectivity index (χ2v) is 12.6. The summed E-state index contributed by atoms with van der Waals surface area (Å²) in [5.41, 5.74) is 8.12. The molecular formula is C28H34N5O6S2+. The number of carbonyl (C=O) groups excluding carboxylic acids is 3. The second-order valence-electron chi connectivity index (χ2n) is 10.6. The van der Waals surface area contributed by atoms with E-state index in [1.165, 1.54) is 23.3 Å². The number of fused-ring (bicyclic) bond motifs is 1. The molecule has 0 saturated carbocycles. The van der Waals surface area contributed by atoms with Crippen molar-refractivity contribution in [1.82, 2.24) is 9.88 Å². The molecule has 1 aromatic carbocycles. The predicted molar refractivity (Wildman–Crippen MR) is 156 cm³/mol. The molecule has 0 unspecified atom stereocenters. The standard InChI is InChI=1S/C28H34N5O6S2/c1-33(10-4-5-11-33)13-18-15-40-26-20(12-22(34)23(31-38-3)21-16-41-28(29)30-21)25(35)32(26)24(18)27(36)39-14-17-6-8-19(37-2)9-7-17/h6-9,16,20,26H,4-5,10-15H2,1-3H3,(H2,29,30)/q+1/b31-23-/t20-,26-/m1/s1. The van der Waals surface area contributed by atoms with Crippen LogP contribution in [0.15, 0.2) is 46.1 Å². The van der Waals surface area contributed by atoms with E-state index in [2.05, 4.69) is 17.2 Å². The molecule has 0 bridgehead atoms. The lowest BCUT2D eigenvalue weighted by Gasteiger charge is -2.50. The Kier molecular flexibility index (Phi) is 8.66. The number of thioether (sulfide) groups is 1. The van der Waals surface area contributed by atoms with E-state index in [1.54, 1.807) is 36.4 Å². The van der Waals surface area contributed by atoms with Gasteiger partial charge in [-0.1, -0.05) is 17.3 Å². The Bertz CT molecular complexity index is 1380. The fraction of sp³-hybridized carbons (Fsp3) is 0.464. The average molecular weight is 601 g/mol. The van der Waals surface area contributed by atoms with Crippen molar-refractivity contribution >= 4 is 51.6 Å². The molecule has 41 heavy (non-hydrogen) atoms. The summed E-state index contributed by atoms with van der Waals surface area (Å²) >= 11 is 2.77. The summed E-state index contributed by atoms with van der Waals surface area (Å²) in [5, 5.41) is 5.44. The molecule has 2 N–H and O–H groups in total. The fourth-order valence-electron chi connectivity index (χ4n) is 5.61. The van der Waals surface area contributed by atoms with E-state index in [4.69, 9.17) is 20.0 Å². The van der Waals surface area contributed by atoms with Crippen LogP contribution in [0.25, 0.3) is 0 Å². The highest BCUT2D eigenvalue weighted by Gasteiger charge is 2.55. The van der Waals surface area contributed by atoms with Crippen molar-refractivity contribution in [3.63, 3.8) is 0 Å². The van der Waals surface area contributed by atoms with E-state index in [1.807, 2.05) is 12.1 Å². The van der Waals surface area contributed by atoms with Gasteiger partial charge in [0.25, 0.3) is 0 Å². The Morgan fingerprint density at radius 2 is 1.93 bits per heavy atom. The zero-order chi connectivity index (χ0) is 29.1. The lowest BCUT2D eigenvalue weighted by Crippen LogP contribution is -2.62. The number of hydrogen-bond donors (Lipinski definition) is 1. The van der Waals surface area contributed by atoms with Gasteiger partial charge in [0.15, 0.2) is 16.6 Å². The molecule has 2 aromatic rings. The largest absolute Gasteiger partial charge is 0.497 e. The van der Waals surface area contributed by atoms with Gasteiger partial charge in [-0.05, 0) is 17.7 Å². The molecule has 0 radical (unpaired) electrons. The number of methoxy groups -OCH3 is 1. The van der Waals surface area contributed by atoms with Gasteiger partial charge in [-0.2, -0.15) is 0 Å². The van der Waals surface area contributed by atoms with Gasteiger partial charge in [-0.15, -0.1) is 23.1 Å². The number of likely N-dealkylation sites (N-methyl/N-ethyl adjacent to an activating group) is 1. The third-order valence-corrected chi connectivity index (χ3v) is 9.78. The molecule has 2 fully saturated rings. The first-order valence-electron chi connectivity index (χ1n) is 13.4. The third-order valence-electron chi connectivity index (χ3n) is 7.71. The van der Waals surface area contributed by atoms with Gasteiger partial charge < -0.3 is 24.5 Å². The highest BCUT2D eigenvalue weighted by molar-refractivity contribution is 8.00. The molecule has 5 rings (SSSR count). The van der Waals surface area contributed by atoms with Crippen molar-refractivity contribution in [3.8, 4) is 5.75 Å². The number of carbonyl (C=O) groups is 3. The number of thiazole rings is 1. The zero-order valence-electron chi connectivity index (χ0n) is 23.3. The van der Waals surface area contributed by atoms with Gasteiger partial charge in [0.05, 0.1) is 38.5 Å². The number of benzene rings is 1. The van der Waals surface area contributed by atoms with Crippen LogP contribution in [-0.4, -0.2) is 89.8 Å². The predicted octanol–water partition coefficient (Wildman–Crippen LogP) is 2.81. The van der Waals surface area contributed by atoms with Crippen LogP contribution in [0.3, 0.4) is 0 Å². The second kappa shape index (κ2) is 12.2. The molecule has 3 aliphatic heterocycles. The number of esters is 1. The first-order chi connectivity index (χ1) is 19.7. The zero-order valence-corrected chi connectivity index (χ0v) is 25.0. The van der Waals surface area contributed by atoms with Crippen LogP contribution in [0, 0.1) is 5.92 Å². The van der Waals surface area contributed by atoms with Crippen molar-refractivity contribution in [3.05, 3.63) is 52.2 Å². The number of hydrogen-bond acceptors (Lipinski definition) is 11. The molecule has 2 atom stereocenters. The quantitative estimate of drug-likeness (QED) is 0.136. The summed E-state index contributed by atoms with van der Waals surface area (Å²) in [6.45, 7) is 2.80. The highest BCUT2D eigenvalue weighted by atomic mass is 32.2. The molecule has 1 aromatic heterocycles. The van der Waals surface area contributed by atoms with Gasteiger partial charge in [0.2, 0.25) is 5.91 Å². The van der Waals surface area contributed by atoms with Crippen LogP contribution < -0.4 is 10.5 Å². The lowest BCUT2D eigenvalue weighted by atomic mass is 9.89. The molecule has 4 heterocycles. The number of amides is 1. The minimum atomic E-state index is -0.604. The summed E-state index contributed by atoms with van der Waals surface area (Å²) < 4.78 is 11.8. The number of Topliss-reactive ketones (excluding diaryl/α,β-unsaturated/α-hetero) is 1. The summed E-state index contributed by atoms with van der Waals surface area (Å²) in [4.78, 5) is 51.0. The van der Waals surface area contributed by atoms with E-state index < -0.39 is 11.9 Å². The van der Waals surface area contributed by atoms with Crippen LogP contribution in [0.1, 0.15) is 30.5 Å². The number of nitrogens with zero attached hydrogens (tertiary/aromatic N) is 4. The number of β-lactam (4-membered cyclic amide) rings is 1. The highest BCUT2D eigenvalue weighted by Crippen LogP contribution is 2.46. The molecule has 0 spiro atoms. The maximum atomic E-state index is 13.6. The van der Waals surface area contributed by atoms with E-state index >= 15 is 0 Å². The summed E-state index contributed by atoms with van der Waals surface area (Å²) in [6.07, 6.45) is 2.20. The number of likely N-dealkylation sites (tertiary alicyclic amines) is 1. The number of aromatic nitrogens is 1. The average Bonchev–Trinajstić information content (AvgIpc) is 3.60. The Balaban J connectivity index is 1.35. The minimum absolute atomic E-state index is 0.0225. The Morgan fingerprint density at radius 3 is 2.56 bits per heavy atom. The van der Waals surface area contributed by atoms with Crippen LogP contribution >= 0.6 is 23.1 Å². The third kappa shape index (κ3) is 6.11. The molecule has 218 valence electrons. The fourth-order valence-corrected chi connectivity index (χ4v) is 7.56. The molecule has 2 saturated heterocycles. The first-order valence-corrected chi connectivity index (χ1v) is 15.3. The molecule has 0 aliphatic carbocycles. The smallest absolute Gasteiger partial charge is 0.355 e. The summed E-state index contributed by atoms with van der Waals surface area (Å²) in [7, 11) is 5.13. The Labute approximate surface area is 246 Å². The van der Waals surface area contributed by atoms with E-state index in [9.17, 15) is 14.4 Å². The molecule has 13 heteroatoms. The lowest BCUT2D eigenvalue weighted by molar-refractivity contribution is -0.893. The number of quaternary nitrogens is 1. The molecular weight excluding hydrogens is 566 g/mol. The van der Waals surface area contributed by atoms with Gasteiger partial charge in [-0.25, -0.2) is 9.78 Å². The van der Waals surface area contributed by atoms with Crippen molar-refractivity contribution in [1.29, 1.82) is 0 Å².